The van der Waals surface area contributed by atoms with Crippen LogP contribution in [0.25, 0.3) is 0 Å². The van der Waals surface area contributed by atoms with E-state index in [9.17, 15) is 4.39 Å². The molecule has 1 fully saturated rings. The third-order valence-electron chi connectivity index (χ3n) is 4.31. The van der Waals surface area contributed by atoms with E-state index in [0.717, 1.165) is 25.8 Å². The van der Waals surface area contributed by atoms with Crippen molar-refractivity contribution in [3.63, 3.8) is 0 Å². The highest BCUT2D eigenvalue weighted by Gasteiger charge is 2.39. The van der Waals surface area contributed by atoms with Crippen LogP contribution in [0.15, 0.2) is 18.2 Å². The van der Waals surface area contributed by atoms with Crippen molar-refractivity contribution in [2.24, 2.45) is 0 Å². The fourth-order valence-corrected chi connectivity index (χ4v) is 2.93. The summed E-state index contributed by atoms with van der Waals surface area (Å²) < 4.78 is 25.2. The lowest BCUT2D eigenvalue weighted by atomic mass is 9.74. The molecule has 4 heteroatoms. The van der Waals surface area contributed by atoms with Gasteiger partial charge in [-0.3, -0.25) is 0 Å². The maximum atomic E-state index is 14.4. The summed E-state index contributed by atoms with van der Waals surface area (Å²) in [5.74, 6) is 0.0250. The molecule has 0 bridgehead atoms. The van der Waals surface area contributed by atoms with Crippen molar-refractivity contribution in [2.75, 3.05) is 20.8 Å². The number of rotatable bonds is 7. The lowest BCUT2D eigenvalue weighted by Gasteiger charge is -2.43. The van der Waals surface area contributed by atoms with Crippen LogP contribution in [0.4, 0.5) is 4.39 Å². The molecule has 0 saturated heterocycles. The minimum Gasteiger partial charge on any atom is -0.494 e. The van der Waals surface area contributed by atoms with Gasteiger partial charge in [-0.1, -0.05) is 19.1 Å². The van der Waals surface area contributed by atoms with Crippen LogP contribution in [0.3, 0.4) is 0 Å². The molecule has 0 amide bonds. The SMILES string of the molecule is CCNC(CC1(OC)CCC1)c1cccc(OC)c1F. The molecule has 20 heavy (non-hydrogen) atoms. The molecule has 0 heterocycles. The van der Waals surface area contributed by atoms with Gasteiger partial charge in [0.15, 0.2) is 11.6 Å². The Morgan fingerprint density at radius 1 is 1.35 bits per heavy atom. The van der Waals surface area contributed by atoms with Gasteiger partial charge in [0.1, 0.15) is 0 Å². The van der Waals surface area contributed by atoms with Gasteiger partial charge < -0.3 is 14.8 Å². The average Bonchev–Trinajstić information content (AvgIpc) is 2.42. The third kappa shape index (κ3) is 2.96. The Morgan fingerprint density at radius 2 is 2.10 bits per heavy atom. The molecule has 1 unspecified atom stereocenters. The van der Waals surface area contributed by atoms with Crippen molar-refractivity contribution in [3.05, 3.63) is 29.6 Å². The smallest absolute Gasteiger partial charge is 0.169 e. The number of hydrogen-bond acceptors (Lipinski definition) is 3. The first-order valence-electron chi connectivity index (χ1n) is 7.26. The summed E-state index contributed by atoms with van der Waals surface area (Å²) >= 11 is 0. The van der Waals surface area contributed by atoms with E-state index in [-0.39, 0.29) is 17.5 Å². The van der Waals surface area contributed by atoms with Crippen LogP contribution in [-0.2, 0) is 4.74 Å². The topological polar surface area (TPSA) is 30.5 Å². The molecule has 0 aliphatic heterocycles. The van der Waals surface area contributed by atoms with Gasteiger partial charge in [-0.15, -0.1) is 0 Å². The van der Waals surface area contributed by atoms with E-state index in [0.29, 0.717) is 11.3 Å². The summed E-state index contributed by atoms with van der Waals surface area (Å²) in [5.41, 5.74) is 0.567. The zero-order valence-electron chi connectivity index (χ0n) is 12.5. The third-order valence-corrected chi connectivity index (χ3v) is 4.31. The Balaban J connectivity index is 2.24. The molecule has 3 nitrogen and oxygen atoms in total. The molecule has 112 valence electrons. The van der Waals surface area contributed by atoms with Gasteiger partial charge in [0.05, 0.1) is 12.7 Å². The minimum absolute atomic E-state index is 0.0460. The van der Waals surface area contributed by atoms with Crippen LogP contribution in [0.1, 0.15) is 44.2 Å². The maximum Gasteiger partial charge on any atom is 0.169 e. The second kappa shape index (κ2) is 6.55. The van der Waals surface area contributed by atoms with E-state index >= 15 is 0 Å². The molecule has 2 rings (SSSR count). The van der Waals surface area contributed by atoms with Crippen LogP contribution in [0.2, 0.25) is 0 Å². The average molecular weight is 281 g/mol. The normalized spacial score (nSPS) is 18.4. The standard InChI is InChI=1S/C16H24FNO2/c1-4-18-13(11-16(20-3)9-6-10-16)12-7-5-8-14(19-2)15(12)17/h5,7-8,13,18H,4,6,9-11H2,1-3H3. The Kier molecular flexibility index (Phi) is 5.00. The van der Waals surface area contributed by atoms with Gasteiger partial charge >= 0.3 is 0 Å². The van der Waals surface area contributed by atoms with E-state index in [2.05, 4.69) is 5.32 Å². The number of nitrogens with one attached hydrogen (secondary N) is 1. The number of halogens is 1. The molecule has 0 aromatic heterocycles. The fourth-order valence-electron chi connectivity index (χ4n) is 2.93. The summed E-state index contributed by atoms with van der Waals surface area (Å²) in [6.07, 6.45) is 4.09. The Labute approximate surface area is 120 Å². The van der Waals surface area contributed by atoms with Gasteiger partial charge in [-0.05, 0) is 38.3 Å². The van der Waals surface area contributed by atoms with Crippen LogP contribution in [-0.4, -0.2) is 26.4 Å². The zero-order chi connectivity index (χ0) is 14.6. The summed E-state index contributed by atoms with van der Waals surface area (Å²) in [5, 5.41) is 3.37. The van der Waals surface area contributed by atoms with Gasteiger partial charge in [-0.25, -0.2) is 4.39 Å². The number of methoxy groups -OCH3 is 2. The Morgan fingerprint density at radius 3 is 2.60 bits per heavy atom. The lowest BCUT2D eigenvalue weighted by molar-refractivity contribution is -0.0839. The molecule has 1 atom stereocenters. The van der Waals surface area contributed by atoms with E-state index < -0.39 is 0 Å². The lowest BCUT2D eigenvalue weighted by Crippen LogP contribution is -2.43. The van der Waals surface area contributed by atoms with Gasteiger partial charge in [-0.2, -0.15) is 0 Å². The number of ether oxygens (including phenoxy) is 2. The minimum atomic E-state index is -0.272. The molecule has 0 spiro atoms. The van der Waals surface area contributed by atoms with Crippen molar-refractivity contribution >= 4 is 0 Å². The molecule has 1 aromatic carbocycles. The highest BCUT2D eigenvalue weighted by Crippen LogP contribution is 2.42. The molecule has 0 radical (unpaired) electrons. The van der Waals surface area contributed by atoms with Crippen molar-refractivity contribution in [1.29, 1.82) is 0 Å². The van der Waals surface area contributed by atoms with Crippen molar-refractivity contribution in [1.82, 2.24) is 5.32 Å². The van der Waals surface area contributed by atoms with E-state index in [1.54, 1.807) is 13.2 Å². The van der Waals surface area contributed by atoms with Crippen LogP contribution >= 0.6 is 0 Å². The Bertz CT molecular complexity index is 441. The summed E-state index contributed by atoms with van der Waals surface area (Å²) in [4.78, 5) is 0. The Hall–Kier alpha value is -1.13. The van der Waals surface area contributed by atoms with E-state index in [1.165, 1.54) is 13.5 Å². The molecule has 1 saturated carbocycles. The van der Waals surface area contributed by atoms with E-state index in [1.807, 2.05) is 19.1 Å². The predicted octanol–water partition coefficient (Wildman–Crippen LogP) is 3.44. The quantitative estimate of drug-likeness (QED) is 0.830. The first kappa shape index (κ1) is 15.3. The molecule has 1 aliphatic rings. The number of hydrogen-bond donors (Lipinski definition) is 1. The molecular weight excluding hydrogens is 257 g/mol. The predicted molar refractivity (Wildman–Crippen MR) is 77.6 cm³/mol. The van der Waals surface area contributed by atoms with Gasteiger partial charge in [0.2, 0.25) is 0 Å². The zero-order valence-corrected chi connectivity index (χ0v) is 12.5. The van der Waals surface area contributed by atoms with Crippen molar-refractivity contribution in [2.45, 2.75) is 44.2 Å². The highest BCUT2D eigenvalue weighted by atomic mass is 19.1. The second-order valence-electron chi connectivity index (χ2n) is 5.42. The van der Waals surface area contributed by atoms with E-state index in [4.69, 9.17) is 9.47 Å². The molecule has 1 aliphatic carbocycles. The summed E-state index contributed by atoms with van der Waals surface area (Å²) in [6, 6.07) is 5.27. The highest BCUT2D eigenvalue weighted by molar-refractivity contribution is 5.33. The summed E-state index contributed by atoms with van der Waals surface area (Å²) in [6.45, 7) is 2.83. The number of benzene rings is 1. The largest absolute Gasteiger partial charge is 0.494 e. The van der Waals surface area contributed by atoms with Gasteiger partial charge in [0.25, 0.3) is 0 Å². The van der Waals surface area contributed by atoms with Crippen LogP contribution in [0, 0.1) is 5.82 Å². The first-order valence-corrected chi connectivity index (χ1v) is 7.26. The van der Waals surface area contributed by atoms with Crippen LogP contribution < -0.4 is 10.1 Å². The monoisotopic (exact) mass is 281 g/mol. The molecular formula is C16H24FNO2. The van der Waals surface area contributed by atoms with Gasteiger partial charge in [0, 0.05) is 18.7 Å². The van der Waals surface area contributed by atoms with Crippen molar-refractivity contribution < 1.29 is 13.9 Å². The maximum absolute atomic E-state index is 14.4. The second-order valence-corrected chi connectivity index (χ2v) is 5.42. The summed E-state index contributed by atoms with van der Waals surface area (Å²) in [7, 11) is 3.25. The molecule has 1 N–H and O–H groups in total. The van der Waals surface area contributed by atoms with Crippen LogP contribution in [0.5, 0.6) is 5.75 Å². The first-order chi connectivity index (χ1) is 9.65. The molecule has 1 aromatic rings. The van der Waals surface area contributed by atoms with Crippen molar-refractivity contribution in [3.8, 4) is 5.75 Å². The fraction of sp³-hybridized carbons (Fsp3) is 0.625.